The van der Waals surface area contributed by atoms with E-state index in [1.807, 2.05) is 0 Å². The van der Waals surface area contributed by atoms with Crippen molar-refractivity contribution < 1.29 is 22.0 Å². The number of rotatable bonds is 0. The van der Waals surface area contributed by atoms with Crippen molar-refractivity contribution in [3.05, 3.63) is 35.8 Å². The van der Waals surface area contributed by atoms with E-state index in [4.69, 9.17) is 0 Å². The van der Waals surface area contributed by atoms with Gasteiger partial charge >= 0.3 is 6.18 Å². The van der Waals surface area contributed by atoms with Crippen LogP contribution in [0.5, 0.6) is 0 Å². The zero-order chi connectivity index (χ0) is 10.3. The van der Waals surface area contributed by atoms with Gasteiger partial charge in [0.1, 0.15) is 0 Å². The summed E-state index contributed by atoms with van der Waals surface area (Å²) in [6, 6.07) is 3.56. The monoisotopic (exact) mass is 203 g/mol. The number of alkyl halides is 3. The van der Waals surface area contributed by atoms with Crippen molar-refractivity contribution in [2.75, 3.05) is 0 Å². The maximum absolute atomic E-state index is 13.0. The van der Waals surface area contributed by atoms with Gasteiger partial charge < -0.3 is 4.42 Å². The summed E-state index contributed by atoms with van der Waals surface area (Å²) in [5.41, 5.74) is -1.25. The van der Waals surface area contributed by atoms with Crippen LogP contribution in [0.2, 0.25) is 0 Å². The summed E-state index contributed by atoms with van der Waals surface area (Å²) in [5, 5.41) is -0.0164. The lowest BCUT2D eigenvalue weighted by Crippen LogP contribution is -2.05. The molecule has 0 saturated carbocycles. The number of benzene rings is 1. The molecule has 0 aliphatic rings. The van der Waals surface area contributed by atoms with Crippen LogP contribution in [-0.2, 0) is 6.18 Å². The topological polar surface area (TPSA) is 13.1 Å². The summed E-state index contributed by atoms with van der Waals surface area (Å²) in [6.07, 6.45) is -3.53. The van der Waals surface area contributed by atoms with Crippen molar-refractivity contribution in [2.45, 2.75) is 6.18 Å². The van der Waals surface area contributed by atoms with Crippen molar-refractivity contribution >= 4 is 11.0 Å². The molecule has 1 aromatic carbocycles. The number of furan rings is 1. The fourth-order valence-corrected chi connectivity index (χ4v) is 1.14. The molecule has 2 aromatic rings. The zero-order valence-electron chi connectivity index (χ0n) is 6.65. The van der Waals surface area contributed by atoms with E-state index in [1.54, 1.807) is 0 Å². The van der Waals surface area contributed by atoms with Gasteiger partial charge in [0.05, 0.1) is 11.8 Å². The molecule has 0 N–H and O–H groups in total. The van der Waals surface area contributed by atoms with E-state index in [9.17, 15) is 17.6 Å². The van der Waals surface area contributed by atoms with Crippen LogP contribution in [0.25, 0.3) is 11.0 Å². The van der Waals surface area contributed by atoms with Crippen molar-refractivity contribution in [2.24, 2.45) is 0 Å². The Morgan fingerprint density at radius 1 is 1.21 bits per heavy atom. The number of hydrogen-bond donors (Lipinski definition) is 0. The molecule has 0 unspecified atom stereocenters. The van der Waals surface area contributed by atoms with Crippen molar-refractivity contribution in [1.29, 1.82) is 0 Å². The predicted molar refractivity (Wildman–Crippen MR) is 40.0 cm³/mol. The highest BCUT2D eigenvalue weighted by atomic mass is 19.4. The second-order valence-corrected chi connectivity index (χ2v) is 2.71. The first kappa shape index (κ1) is 9.05. The van der Waals surface area contributed by atoms with Gasteiger partial charge in [-0.1, -0.05) is 0 Å². The Morgan fingerprint density at radius 2 is 1.93 bits per heavy atom. The molecule has 0 aliphatic carbocycles. The molecule has 73 valence electrons. The fourth-order valence-electron chi connectivity index (χ4n) is 1.14. The van der Waals surface area contributed by atoms with Crippen LogP contribution >= 0.6 is 0 Å². The molecule has 1 heterocycles. The standard InChI is InChI=1S/C9H3F4O/c10-7-4-6(9(11,12)13)3-5-1-2-14-8(5)7/h2-4H. The van der Waals surface area contributed by atoms with Gasteiger partial charge in [0.2, 0.25) is 0 Å². The van der Waals surface area contributed by atoms with Gasteiger partial charge in [-0.05, 0) is 12.1 Å². The maximum Gasteiger partial charge on any atom is 0.416 e. The molecule has 1 aromatic heterocycles. The number of halogens is 4. The van der Waals surface area contributed by atoms with Crippen LogP contribution < -0.4 is 0 Å². The SMILES string of the molecule is Fc1cc(C(F)(F)F)cc2[c]coc12. The molecule has 0 aliphatic heterocycles. The summed E-state index contributed by atoms with van der Waals surface area (Å²) in [4.78, 5) is 0. The molecular weight excluding hydrogens is 200 g/mol. The van der Waals surface area contributed by atoms with Crippen molar-refractivity contribution in [3.63, 3.8) is 0 Å². The normalized spacial score (nSPS) is 12.3. The van der Waals surface area contributed by atoms with E-state index in [2.05, 4.69) is 10.5 Å². The minimum absolute atomic E-state index is 0.0164. The first-order chi connectivity index (χ1) is 6.48. The van der Waals surface area contributed by atoms with E-state index in [0.717, 1.165) is 12.3 Å². The summed E-state index contributed by atoms with van der Waals surface area (Å²) >= 11 is 0. The van der Waals surface area contributed by atoms with Gasteiger partial charge in [0.25, 0.3) is 0 Å². The smallest absolute Gasteiger partial charge is 0.416 e. The highest BCUT2D eigenvalue weighted by Crippen LogP contribution is 2.32. The minimum Gasteiger partial charge on any atom is -0.461 e. The molecule has 5 heteroatoms. The molecule has 0 amide bonds. The summed E-state index contributed by atoms with van der Waals surface area (Å²) in [7, 11) is 0. The zero-order valence-corrected chi connectivity index (χ0v) is 6.65. The van der Waals surface area contributed by atoms with Gasteiger partial charge in [-0.2, -0.15) is 13.2 Å². The summed E-state index contributed by atoms with van der Waals surface area (Å²) in [5.74, 6) is -1.03. The Kier molecular flexibility index (Phi) is 1.77. The number of fused-ring (bicyclic) bond motifs is 1. The van der Waals surface area contributed by atoms with Crippen molar-refractivity contribution in [3.8, 4) is 0 Å². The van der Waals surface area contributed by atoms with Gasteiger partial charge in [-0.25, -0.2) is 4.39 Å². The largest absolute Gasteiger partial charge is 0.461 e. The average Bonchev–Trinajstić information content (AvgIpc) is 2.50. The van der Waals surface area contributed by atoms with E-state index in [-0.39, 0.29) is 11.0 Å². The Morgan fingerprint density at radius 3 is 2.57 bits per heavy atom. The molecule has 0 atom stereocenters. The molecular formula is C9H3F4O. The predicted octanol–water partition coefficient (Wildman–Crippen LogP) is 3.39. The highest BCUT2D eigenvalue weighted by molar-refractivity contribution is 5.77. The van der Waals surface area contributed by atoms with Crippen LogP contribution in [0, 0.1) is 11.9 Å². The van der Waals surface area contributed by atoms with Crippen LogP contribution in [0.4, 0.5) is 17.6 Å². The summed E-state index contributed by atoms with van der Waals surface area (Å²) in [6.45, 7) is 0. The van der Waals surface area contributed by atoms with E-state index in [1.165, 1.54) is 0 Å². The third-order valence-electron chi connectivity index (χ3n) is 1.76. The van der Waals surface area contributed by atoms with Gasteiger partial charge in [0, 0.05) is 11.5 Å². The molecule has 0 spiro atoms. The van der Waals surface area contributed by atoms with Crippen molar-refractivity contribution in [1.82, 2.24) is 0 Å². The van der Waals surface area contributed by atoms with Gasteiger partial charge in [0.15, 0.2) is 11.4 Å². The second kappa shape index (κ2) is 2.73. The summed E-state index contributed by atoms with van der Waals surface area (Å²) < 4.78 is 54.2. The Labute approximate surface area is 75.9 Å². The number of hydrogen-bond acceptors (Lipinski definition) is 1. The van der Waals surface area contributed by atoms with E-state index in [0.29, 0.717) is 6.07 Å². The third-order valence-corrected chi connectivity index (χ3v) is 1.76. The van der Waals surface area contributed by atoms with Gasteiger partial charge in [-0.15, -0.1) is 0 Å². The van der Waals surface area contributed by atoms with Crippen LogP contribution in [-0.4, -0.2) is 0 Å². The van der Waals surface area contributed by atoms with E-state index >= 15 is 0 Å². The van der Waals surface area contributed by atoms with Crippen LogP contribution in [0.1, 0.15) is 5.56 Å². The third kappa shape index (κ3) is 1.34. The Balaban J connectivity index is 2.70. The maximum atomic E-state index is 13.0. The highest BCUT2D eigenvalue weighted by Gasteiger charge is 2.31. The molecule has 0 saturated heterocycles. The molecule has 0 bridgehead atoms. The first-order valence-corrected chi connectivity index (χ1v) is 3.64. The lowest BCUT2D eigenvalue weighted by Gasteiger charge is -2.05. The quantitative estimate of drug-likeness (QED) is 0.598. The first-order valence-electron chi connectivity index (χ1n) is 3.64. The Hall–Kier alpha value is -1.52. The van der Waals surface area contributed by atoms with Crippen LogP contribution in [0.15, 0.2) is 22.8 Å². The second-order valence-electron chi connectivity index (χ2n) is 2.71. The Bertz CT molecular complexity index is 469. The van der Waals surface area contributed by atoms with Gasteiger partial charge in [-0.3, -0.25) is 0 Å². The molecule has 14 heavy (non-hydrogen) atoms. The molecule has 1 radical (unpaired) electrons. The fraction of sp³-hybridized carbons (Fsp3) is 0.111. The molecule has 2 rings (SSSR count). The molecule has 0 fully saturated rings. The lowest BCUT2D eigenvalue weighted by molar-refractivity contribution is -0.137. The average molecular weight is 203 g/mol. The lowest BCUT2D eigenvalue weighted by atomic mass is 10.1. The molecule has 1 nitrogen and oxygen atoms in total. The minimum atomic E-state index is -4.56. The van der Waals surface area contributed by atoms with Crippen LogP contribution in [0.3, 0.4) is 0 Å². The van der Waals surface area contributed by atoms with E-state index < -0.39 is 17.6 Å².